The highest BCUT2D eigenvalue weighted by Gasteiger charge is 2.09. The predicted octanol–water partition coefficient (Wildman–Crippen LogP) is 3.08. The molecule has 0 atom stereocenters. The van der Waals surface area contributed by atoms with Crippen LogP contribution in [0.15, 0.2) is 43.7 Å². The van der Waals surface area contributed by atoms with Crippen molar-refractivity contribution in [1.82, 2.24) is 0 Å². The van der Waals surface area contributed by atoms with E-state index in [-0.39, 0.29) is 11.5 Å². The van der Waals surface area contributed by atoms with Crippen LogP contribution in [0.3, 0.4) is 0 Å². The van der Waals surface area contributed by atoms with Gasteiger partial charge in [-0.3, -0.25) is 0 Å². The van der Waals surface area contributed by atoms with E-state index >= 15 is 0 Å². The summed E-state index contributed by atoms with van der Waals surface area (Å²) in [6.45, 7) is 0. The van der Waals surface area contributed by atoms with E-state index in [2.05, 4.69) is 0 Å². The molecule has 0 fully saturated rings. The van der Waals surface area contributed by atoms with E-state index in [0.29, 0.717) is 9.79 Å². The van der Waals surface area contributed by atoms with Crippen LogP contribution >= 0.6 is 21.6 Å². The summed E-state index contributed by atoms with van der Waals surface area (Å²) in [5, 5.41) is 18.5. The van der Waals surface area contributed by atoms with Gasteiger partial charge in [-0.2, -0.15) is 0 Å². The van der Waals surface area contributed by atoms with Crippen molar-refractivity contribution in [2.45, 2.75) is 9.79 Å². The van der Waals surface area contributed by atoms with E-state index in [4.69, 9.17) is 8.83 Å². The molecule has 0 radical (unpaired) electrons. The summed E-state index contributed by atoms with van der Waals surface area (Å²) >= 11 is 0. The van der Waals surface area contributed by atoms with Crippen LogP contribution in [0.4, 0.5) is 0 Å². The van der Waals surface area contributed by atoms with Crippen LogP contribution in [-0.2, 0) is 0 Å². The maximum atomic E-state index is 9.23. The lowest BCUT2D eigenvalue weighted by Gasteiger charge is -1.95. The van der Waals surface area contributed by atoms with Crippen molar-refractivity contribution in [2.24, 2.45) is 0 Å². The van der Waals surface area contributed by atoms with Gasteiger partial charge in [0.1, 0.15) is 25.1 Å². The molecule has 0 aromatic carbocycles. The lowest BCUT2D eigenvalue weighted by molar-refractivity contribution is 0.452. The van der Waals surface area contributed by atoms with Crippen molar-refractivity contribution < 1.29 is 19.0 Å². The lowest BCUT2D eigenvalue weighted by atomic mass is 10.6. The van der Waals surface area contributed by atoms with Crippen LogP contribution in [0.25, 0.3) is 0 Å². The summed E-state index contributed by atoms with van der Waals surface area (Å²) in [6.07, 6.45) is 5.37. The fourth-order valence-corrected chi connectivity index (χ4v) is 2.69. The Bertz CT molecular complexity index is 380. The maximum Gasteiger partial charge on any atom is 0.168 e. The Morgan fingerprint density at radius 3 is 1.50 bits per heavy atom. The van der Waals surface area contributed by atoms with Gasteiger partial charge >= 0.3 is 0 Å². The zero-order valence-corrected chi connectivity index (χ0v) is 8.47. The minimum absolute atomic E-state index is 0.0884. The van der Waals surface area contributed by atoms with E-state index in [1.54, 1.807) is 0 Å². The molecule has 74 valence electrons. The third-order valence-electron chi connectivity index (χ3n) is 1.44. The Labute approximate surface area is 87.3 Å². The smallest absolute Gasteiger partial charge is 0.168 e. The highest BCUT2D eigenvalue weighted by atomic mass is 33.1. The monoisotopic (exact) mass is 230 g/mol. The summed E-state index contributed by atoms with van der Waals surface area (Å²) in [6, 6.07) is 0. The Morgan fingerprint density at radius 1 is 0.786 bits per heavy atom. The Kier molecular flexibility index (Phi) is 2.64. The second-order valence-corrected chi connectivity index (χ2v) is 4.62. The Hall–Kier alpha value is -1.14. The van der Waals surface area contributed by atoms with Crippen molar-refractivity contribution in [1.29, 1.82) is 0 Å². The number of hydrogen-bond acceptors (Lipinski definition) is 6. The zero-order chi connectivity index (χ0) is 9.97. The molecule has 0 saturated heterocycles. The molecule has 0 aliphatic rings. The van der Waals surface area contributed by atoms with Crippen LogP contribution in [0, 0.1) is 0 Å². The van der Waals surface area contributed by atoms with Gasteiger partial charge in [-0.25, -0.2) is 0 Å². The average molecular weight is 230 g/mol. The van der Waals surface area contributed by atoms with Gasteiger partial charge in [0.2, 0.25) is 0 Å². The van der Waals surface area contributed by atoms with Gasteiger partial charge in [-0.1, -0.05) is 0 Å². The minimum atomic E-state index is 0.0884. The molecule has 0 spiro atoms. The van der Waals surface area contributed by atoms with Gasteiger partial charge < -0.3 is 19.0 Å². The maximum absolute atomic E-state index is 9.23. The first-order chi connectivity index (χ1) is 6.77. The first-order valence-corrected chi connectivity index (χ1v) is 5.77. The molecule has 0 saturated carbocycles. The SMILES string of the molecule is Oc1cocc1SSc1cocc1O. The van der Waals surface area contributed by atoms with E-state index in [1.807, 2.05) is 0 Å². The molecule has 0 aliphatic heterocycles. The summed E-state index contributed by atoms with van der Waals surface area (Å²) in [5.41, 5.74) is 0. The van der Waals surface area contributed by atoms with Crippen LogP contribution in [0.2, 0.25) is 0 Å². The molecule has 2 aromatic rings. The topological polar surface area (TPSA) is 66.7 Å². The highest BCUT2D eigenvalue weighted by Crippen LogP contribution is 2.44. The van der Waals surface area contributed by atoms with Crippen molar-refractivity contribution in [3.05, 3.63) is 25.1 Å². The highest BCUT2D eigenvalue weighted by molar-refractivity contribution is 8.76. The van der Waals surface area contributed by atoms with Gasteiger partial charge in [0, 0.05) is 0 Å². The average Bonchev–Trinajstić information content (AvgIpc) is 2.72. The van der Waals surface area contributed by atoms with E-state index < -0.39 is 0 Å². The number of rotatable bonds is 3. The number of aromatic hydroxyl groups is 2. The number of hydrogen-bond donors (Lipinski definition) is 2. The summed E-state index contributed by atoms with van der Waals surface area (Å²) < 4.78 is 9.55. The second-order valence-electron chi connectivity index (χ2n) is 2.41. The summed E-state index contributed by atoms with van der Waals surface area (Å²) in [4.78, 5) is 1.21. The molecule has 0 unspecified atom stereocenters. The normalized spacial score (nSPS) is 10.6. The quantitative estimate of drug-likeness (QED) is 0.790. The molecule has 2 aromatic heterocycles. The van der Waals surface area contributed by atoms with Gasteiger partial charge in [0.05, 0.1) is 9.79 Å². The molecule has 2 N–H and O–H groups in total. The predicted molar refractivity (Wildman–Crippen MR) is 52.5 cm³/mol. The molecule has 14 heavy (non-hydrogen) atoms. The van der Waals surface area contributed by atoms with E-state index in [0.717, 1.165) is 0 Å². The van der Waals surface area contributed by atoms with Gasteiger partial charge in [0.25, 0.3) is 0 Å². The third-order valence-corrected chi connectivity index (χ3v) is 3.82. The number of furan rings is 2. The first-order valence-electron chi connectivity index (χ1n) is 3.62. The summed E-state index contributed by atoms with van der Waals surface area (Å²) in [7, 11) is 2.56. The molecular formula is C8H6O4S2. The van der Waals surface area contributed by atoms with Crippen molar-refractivity contribution in [3.8, 4) is 11.5 Å². The van der Waals surface area contributed by atoms with Crippen LogP contribution in [0.1, 0.15) is 0 Å². The third kappa shape index (κ3) is 1.85. The molecule has 0 amide bonds. The molecule has 0 bridgehead atoms. The van der Waals surface area contributed by atoms with Crippen LogP contribution in [0.5, 0.6) is 11.5 Å². The van der Waals surface area contributed by atoms with Crippen molar-refractivity contribution in [2.75, 3.05) is 0 Å². The van der Waals surface area contributed by atoms with Gasteiger partial charge in [0.15, 0.2) is 11.5 Å². The van der Waals surface area contributed by atoms with Crippen molar-refractivity contribution >= 4 is 21.6 Å². The largest absolute Gasteiger partial charge is 0.504 e. The van der Waals surface area contributed by atoms with Crippen molar-refractivity contribution in [3.63, 3.8) is 0 Å². The minimum Gasteiger partial charge on any atom is -0.504 e. The Balaban J connectivity index is 2.02. The van der Waals surface area contributed by atoms with Crippen LogP contribution < -0.4 is 0 Å². The van der Waals surface area contributed by atoms with E-state index in [9.17, 15) is 10.2 Å². The standard InChI is InChI=1S/C8H6O4S2/c9-5-1-11-3-7(5)13-14-8-4-12-2-6(8)10/h1-4,9-10H. The molecular weight excluding hydrogens is 224 g/mol. The molecule has 2 rings (SSSR count). The fraction of sp³-hybridized carbons (Fsp3) is 0. The summed E-state index contributed by atoms with van der Waals surface area (Å²) in [5.74, 6) is 0.177. The molecule has 4 nitrogen and oxygen atoms in total. The van der Waals surface area contributed by atoms with Crippen LogP contribution in [-0.4, -0.2) is 10.2 Å². The van der Waals surface area contributed by atoms with Gasteiger partial charge in [-0.05, 0) is 21.6 Å². The Morgan fingerprint density at radius 2 is 1.21 bits per heavy atom. The second kappa shape index (κ2) is 3.93. The molecule has 0 aliphatic carbocycles. The zero-order valence-electron chi connectivity index (χ0n) is 6.84. The van der Waals surface area contributed by atoms with Gasteiger partial charge in [-0.15, -0.1) is 0 Å². The molecule has 6 heteroatoms. The lowest BCUT2D eigenvalue weighted by Crippen LogP contribution is -1.62. The molecule has 2 heterocycles. The first kappa shape index (κ1) is 9.42. The van der Waals surface area contributed by atoms with E-state index in [1.165, 1.54) is 46.6 Å². The fourth-order valence-electron chi connectivity index (χ4n) is 0.772.